The van der Waals surface area contributed by atoms with Crippen molar-refractivity contribution in [1.82, 2.24) is 5.32 Å². The second-order valence-corrected chi connectivity index (χ2v) is 5.51. The van der Waals surface area contributed by atoms with Crippen molar-refractivity contribution in [3.63, 3.8) is 0 Å². The summed E-state index contributed by atoms with van der Waals surface area (Å²) in [6.07, 6.45) is 5.08. The number of carbonyl (C=O) groups is 1. The molecule has 4 nitrogen and oxygen atoms in total. The molecule has 0 radical (unpaired) electrons. The van der Waals surface area contributed by atoms with E-state index in [2.05, 4.69) is 11.4 Å². The van der Waals surface area contributed by atoms with Crippen LogP contribution in [-0.2, 0) is 9.53 Å². The lowest BCUT2D eigenvalue weighted by Crippen LogP contribution is -2.48. The average Bonchev–Trinajstić information content (AvgIpc) is 2.92. The minimum Gasteiger partial charge on any atom is -0.376 e. The quantitative estimate of drug-likeness (QED) is 0.770. The lowest BCUT2D eigenvalue weighted by Gasteiger charge is -2.28. The van der Waals surface area contributed by atoms with E-state index in [0.717, 1.165) is 32.3 Å². The first-order chi connectivity index (χ1) is 9.09. The van der Waals surface area contributed by atoms with Crippen LogP contribution in [0.4, 0.5) is 0 Å². The van der Waals surface area contributed by atoms with Gasteiger partial charge in [-0.1, -0.05) is 26.7 Å². The van der Waals surface area contributed by atoms with Gasteiger partial charge >= 0.3 is 0 Å². The highest BCUT2D eigenvalue weighted by Gasteiger charge is 2.38. The molecule has 0 saturated carbocycles. The van der Waals surface area contributed by atoms with Gasteiger partial charge in [0.05, 0.1) is 18.2 Å². The Hall–Kier alpha value is -1.08. The molecule has 1 rings (SSSR count). The highest BCUT2D eigenvalue weighted by atomic mass is 16.5. The molecular formula is C15H26N2O2. The third-order valence-electron chi connectivity index (χ3n) is 3.88. The number of ether oxygens (including phenoxy) is 1. The van der Waals surface area contributed by atoms with E-state index in [4.69, 9.17) is 4.74 Å². The van der Waals surface area contributed by atoms with Crippen LogP contribution in [0, 0.1) is 16.7 Å². The Balaban J connectivity index is 2.68. The summed E-state index contributed by atoms with van der Waals surface area (Å²) in [7, 11) is 0. The Morgan fingerprint density at radius 3 is 2.53 bits per heavy atom. The second-order valence-electron chi connectivity index (χ2n) is 5.51. The Morgan fingerprint density at radius 2 is 2.11 bits per heavy atom. The Morgan fingerprint density at radius 1 is 1.47 bits per heavy atom. The molecule has 4 heteroatoms. The van der Waals surface area contributed by atoms with Crippen molar-refractivity contribution in [1.29, 1.82) is 5.26 Å². The predicted molar refractivity (Wildman–Crippen MR) is 74.4 cm³/mol. The lowest BCUT2D eigenvalue weighted by atomic mass is 9.79. The molecule has 19 heavy (non-hydrogen) atoms. The molecule has 1 aliphatic heterocycles. The van der Waals surface area contributed by atoms with Gasteiger partial charge in [-0.15, -0.1) is 0 Å². The van der Waals surface area contributed by atoms with E-state index < -0.39 is 5.41 Å². The molecule has 2 unspecified atom stereocenters. The van der Waals surface area contributed by atoms with Crippen LogP contribution in [0.15, 0.2) is 0 Å². The molecule has 0 spiro atoms. The van der Waals surface area contributed by atoms with Gasteiger partial charge in [0.25, 0.3) is 0 Å². The molecule has 1 saturated heterocycles. The van der Waals surface area contributed by atoms with Crippen LogP contribution in [0.3, 0.4) is 0 Å². The summed E-state index contributed by atoms with van der Waals surface area (Å²) in [5, 5.41) is 12.4. The SMILES string of the molecule is CCCC(C#N)(CCC)C(=O)NC(C)C1CCCO1. The molecule has 2 atom stereocenters. The highest BCUT2D eigenvalue weighted by molar-refractivity contribution is 5.85. The zero-order valence-corrected chi connectivity index (χ0v) is 12.4. The summed E-state index contributed by atoms with van der Waals surface area (Å²) < 4.78 is 5.58. The minimum atomic E-state index is -0.865. The molecule has 1 heterocycles. The number of rotatable bonds is 7. The smallest absolute Gasteiger partial charge is 0.240 e. The van der Waals surface area contributed by atoms with Crippen LogP contribution < -0.4 is 5.32 Å². The maximum Gasteiger partial charge on any atom is 0.240 e. The van der Waals surface area contributed by atoms with E-state index in [-0.39, 0.29) is 18.1 Å². The maximum absolute atomic E-state index is 12.5. The summed E-state index contributed by atoms with van der Waals surface area (Å²) in [5.41, 5.74) is -0.865. The topological polar surface area (TPSA) is 62.1 Å². The van der Waals surface area contributed by atoms with Gasteiger partial charge in [-0.05, 0) is 32.6 Å². The van der Waals surface area contributed by atoms with Crippen molar-refractivity contribution < 1.29 is 9.53 Å². The van der Waals surface area contributed by atoms with Crippen LogP contribution in [0.2, 0.25) is 0 Å². The van der Waals surface area contributed by atoms with Gasteiger partial charge in [0.1, 0.15) is 5.41 Å². The van der Waals surface area contributed by atoms with Crippen LogP contribution in [0.5, 0.6) is 0 Å². The molecular weight excluding hydrogens is 240 g/mol. The maximum atomic E-state index is 12.5. The third kappa shape index (κ3) is 3.94. The second kappa shape index (κ2) is 7.49. The third-order valence-corrected chi connectivity index (χ3v) is 3.88. The molecule has 0 aromatic heterocycles. The zero-order valence-electron chi connectivity index (χ0n) is 12.4. The first-order valence-electron chi connectivity index (χ1n) is 7.43. The first-order valence-corrected chi connectivity index (χ1v) is 7.43. The van der Waals surface area contributed by atoms with Gasteiger partial charge in [-0.25, -0.2) is 0 Å². The summed E-state index contributed by atoms with van der Waals surface area (Å²) in [6, 6.07) is 2.24. The zero-order chi connectivity index (χ0) is 14.3. The van der Waals surface area contributed by atoms with Gasteiger partial charge < -0.3 is 10.1 Å². The molecule has 0 aliphatic carbocycles. The molecule has 0 aromatic rings. The monoisotopic (exact) mass is 266 g/mol. The van der Waals surface area contributed by atoms with Crippen molar-refractivity contribution in [3.8, 4) is 6.07 Å². The van der Waals surface area contributed by atoms with Gasteiger partial charge in [0.2, 0.25) is 5.91 Å². The number of amides is 1. The van der Waals surface area contributed by atoms with Gasteiger partial charge in [-0.2, -0.15) is 5.26 Å². The van der Waals surface area contributed by atoms with E-state index >= 15 is 0 Å². The average molecular weight is 266 g/mol. The van der Waals surface area contributed by atoms with Crippen LogP contribution in [0.1, 0.15) is 59.3 Å². The molecule has 108 valence electrons. The van der Waals surface area contributed by atoms with Crippen molar-refractivity contribution >= 4 is 5.91 Å². The van der Waals surface area contributed by atoms with E-state index in [1.807, 2.05) is 20.8 Å². The van der Waals surface area contributed by atoms with E-state index in [1.165, 1.54) is 0 Å². The number of nitriles is 1. The van der Waals surface area contributed by atoms with Crippen LogP contribution in [-0.4, -0.2) is 24.7 Å². The molecule has 0 bridgehead atoms. The molecule has 0 aromatic carbocycles. The number of nitrogens with one attached hydrogen (secondary N) is 1. The van der Waals surface area contributed by atoms with Crippen LogP contribution >= 0.6 is 0 Å². The fourth-order valence-electron chi connectivity index (χ4n) is 2.80. The van der Waals surface area contributed by atoms with E-state index in [9.17, 15) is 10.1 Å². The molecule has 1 amide bonds. The normalized spacial score (nSPS) is 20.8. The predicted octanol–water partition coefficient (Wildman–Crippen LogP) is 2.78. The summed E-state index contributed by atoms with van der Waals surface area (Å²) in [5.74, 6) is -0.123. The fourth-order valence-corrected chi connectivity index (χ4v) is 2.80. The molecule has 1 N–H and O–H groups in total. The van der Waals surface area contributed by atoms with Crippen molar-refractivity contribution in [2.45, 2.75) is 71.4 Å². The lowest BCUT2D eigenvalue weighted by molar-refractivity contribution is -0.130. The number of nitrogens with zero attached hydrogens (tertiary/aromatic N) is 1. The molecule has 1 fully saturated rings. The summed E-state index contributed by atoms with van der Waals surface area (Å²) >= 11 is 0. The Kier molecular flexibility index (Phi) is 6.30. The standard InChI is InChI=1S/C15H26N2O2/c1-4-8-15(11-16,9-5-2)14(18)17-12(3)13-7-6-10-19-13/h12-13H,4-10H2,1-3H3,(H,17,18). The van der Waals surface area contributed by atoms with Gasteiger partial charge in [0.15, 0.2) is 0 Å². The Labute approximate surface area is 116 Å². The number of hydrogen-bond acceptors (Lipinski definition) is 3. The van der Waals surface area contributed by atoms with Crippen molar-refractivity contribution in [2.24, 2.45) is 5.41 Å². The van der Waals surface area contributed by atoms with Gasteiger partial charge in [0, 0.05) is 6.61 Å². The summed E-state index contributed by atoms with van der Waals surface area (Å²) in [4.78, 5) is 12.5. The van der Waals surface area contributed by atoms with Crippen molar-refractivity contribution in [2.75, 3.05) is 6.61 Å². The highest BCUT2D eigenvalue weighted by Crippen LogP contribution is 2.30. The van der Waals surface area contributed by atoms with Crippen molar-refractivity contribution in [3.05, 3.63) is 0 Å². The number of carbonyl (C=O) groups excluding carboxylic acids is 1. The minimum absolute atomic E-state index is 0.0172. The first kappa shape index (κ1) is 16.0. The fraction of sp³-hybridized carbons (Fsp3) is 0.867. The van der Waals surface area contributed by atoms with Gasteiger partial charge in [-0.3, -0.25) is 4.79 Å². The van der Waals surface area contributed by atoms with E-state index in [1.54, 1.807) is 0 Å². The van der Waals surface area contributed by atoms with Crippen LogP contribution in [0.25, 0.3) is 0 Å². The molecule has 1 aliphatic rings. The Bertz CT molecular complexity index is 324. The van der Waals surface area contributed by atoms with E-state index in [0.29, 0.717) is 12.8 Å². The summed E-state index contributed by atoms with van der Waals surface area (Å²) in [6.45, 7) is 6.77. The number of hydrogen-bond donors (Lipinski definition) is 1. The largest absolute Gasteiger partial charge is 0.376 e.